The van der Waals surface area contributed by atoms with E-state index in [4.69, 9.17) is 5.11 Å². The van der Waals surface area contributed by atoms with E-state index in [1.807, 2.05) is 0 Å². The zero-order valence-electron chi connectivity index (χ0n) is 9.81. The van der Waals surface area contributed by atoms with Crippen molar-refractivity contribution in [3.8, 4) is 0 Å². The van der Waals surface area contributed by atoms with Gasteiger partial charge >= 0.3 is 10.8 Å². The minimum absolute atomic E-state index is 0.146. The Kier molecular flexibility index (Phi) is 4.06. The quantitative estimate of drug-likeness (QED) is 0.802. The Morgan fingerprint density at radius 2 is 2.06 bits per heavy atom. The summed E-state index contributed by atoms with van der Waals surface area (Å²) in [4.78, 5) is 34.2. The zero-order valence-corrected chi connectivity index (χ0v) is 10.6. The van der Waals surface area contributed by atoms with Gasteiger partial charge in [-0.1, -0.05) is 11.3 Å². The highest BCUT2D eigenvalue weighted by Gasteiger charge is 2.16. The van der Waals surface area contributed by atoms with Gasteiger partial charge in [-0.15, -0.1) is 0 Å². The lowest BCUT2D eigenvalue weighted by Gasteiger charge is -2.10. The van der Waals surface area contributed by atoms with E-state index in [1.54, 1.807) is 13.8 Å². The number of thiazole rings is 1. The lowest BCUT2D eigenvalue weighted by Crippen LogP contribution is -2.41. The van der Waals surface area contributed by atoms with Crippen molar-refractivity contribution >= 4 is 23.2 Å². The minimum atomic E-state index is -1.11. The van der Waals surface area contributed by atoms with Crippen LogP contribution in [0.1, 0.15) is 17.5 Å². The first-order valence-electron chi connectivity index (χ1n) is 5.02. The molecule has 1 amide bonds. The van der Waals surface area contributed by atoms with Crippen LogP contribution in [0.2, 0.25) is 0 Å². The predicted octanol–water partition coefficient (Wildman–Crippen LogP) is 0.116. The molecule has 1 aromatic heterocycles. The summed E-state index contributed by atoms with van der Waals surface area (Å²) in [6.45, 7) is 4.78. The standard InChI is InChI=1S/C10H14N2O4S/c1-5(9(14)15)11-8(13)4-12-6(2)7(3)17-10(12)16/h5H,4H2,1-3H3,(H,11,13)(H,14,15)/t5-/m0/s1. The molecule has 94 valence electrons. The third kappa shape index (κ3) is 3.16. The molecule has 7 heteroatoms. The molecule has 0 fully saturated rings. The van der Waals surface area contributed by atoms with Gasteiger partial charge in [-0.25, -0.2) is 0 Å². The fraction of sp³-hybridized carbons (Fsp3) is 0.500. The van der Waals surface area contributed by atoms with Crippen molar-refractivity contribution in [2.24, 2.45) is 0 Å². The normalized spacial score (nSPS) is 12.2. The van der Waals surface area contributed by atoms with Crippen molar-refractivity contribution in [2.75, 3.05) is 0 Å². The first-order chi connectivity index (χ1) is 7.82. The highest BCUT2D eigenvalue weighted by atomic mass is 32.1. The number of carbonyl (C=O) groups is 2. The molecule has 0 unspecified atom stereocenters. The van der Waals surface area contributed by atoms with Crippen molar-refractivity contribution in [3.05, 3.63) is 20.2 Å². The fourth-order valence-electron chi connectivity index (χ4n) is 1.26. The SMILES string of the molecule is Cc1sc(=O)n(CC(=O)N[C@@H](C)C(=O)O)c1C. The zero-order chi connectivity index (χ0) is 13.2. The molecule has 0 aliphatic rings. The Hall–Kier alpha value is -1.63. The summed E-state index contributed by atoms with van der Waals surface area (Å²) in [5.41, 5.74) is 0.734. The number of hydrogen-bond donors (Lipinski definition) is 2. The maximum Gasteiger partial charge on any atom is 0.325 e. The fourth-order valence-corrected chi connectivity index (χ4v) is 2.09. The van der Waals surface area contributed by atoms with E-state index < -0.39 is 17.9 Å². The monoisotopic (exact) mass is 258 g/mol. The van der Waals surface area contributed by atoms with Gasteiger partial charge in [-0.2, -0.15) is 0 Å². The third-order valence-electron chi connectivity index (χ3n) is 2.42. The van der Waals surface area contributed by atoms with Crippen LogP contribution in [0.4, 0.5) is 0 Å². The number of nitrogens with zero attached hydrogens (tertiary/aromatic N) is 1. The molecule has 1 heterocycles. The molecule has 2 N–H and O–H groups in total. The van der Waals surface area contributed by atoms with E-state index in [0.717, 1.165) is 21.9 Å². The van der Waals surface area contributed by atoms with Crippen LogP contribution in [0, 0.1) is 13.8 Å². The maximum absolute atomic E-state index is 11.5. The minimum Gasteiger partial charge on any atom is -0.480 e. The molecule has 1 rings (SSSR count). The van der Waals surface area contributed by atoms with Crippen molar-refractivity contribution in [1.29, 1.82) is 0 Å². The molecule has 1 atom stereocenters. The van der Waals surface area contributed by atoms with E-state index in [9.17, 15) is 14.4 Å². The smallest absolute Gasteiger partial charge is 0.325 e. The van der Waals surface area contributed by atoms with Crippen molar-refractivity contribution < 1.29 is 14.7 Å². The number of nitrogens with one attached hydrogen (secondary N) is 1. The second-order valence-corrected chi connectivity index (χ2v) is 4.89. The Balaban J connectivity index is 2.75. The molecular weight excluding hydrogens is 244 g/mol. The van der Waals surface area contributed by atoms with Crippen LogP contribution in [-0.2, 0) is 16.1 Å². The Morgan fingerprint density at radius 1 is 1.47 bits per heavy atom. The topological polar surface area (TPSA) is 88.4 Å². The Labute approximate surface area is 102 Å². The lowest BCUT2D eigenvalue weighted by atomic mass is 10.3. The average Bonchev–Trinajstić information content (AvgIpc) is 2.45. The van der Waals surface area contributed by atoms with Gasteiger partial charge in [0.15, 0.2) is 0 Å². The highest BCUT2D eigenvalue weighted by molar-refractivity contribution is 7.09. The Bertz CT molecular complexity index is 503. The molecule has 0 aromatic carbocycles. The van der Waals surface area contributed by atoms with E-state index >= 15 is 0 Å². The van der Waals surface area contributed by atoms with Gasteiger partial charge in [-0.3, -0.25) is 19.0 Å². The lowest BCUT2D eigenvalue weighted by molar-refractivity contribution is -0.141. The molecule has 17 heavy (non-hydrogen) atoms. The highest BCUT2D eigenvalue weighted by Crippen LogP contribution is 2.08. The summed E-state index contributed by atoms with van der Waals surface area (Å²) in [5, 5.41) is 10.9. The summed E-state index contributed by atoms with van der Waals surface area (Å²) in [5.74, 6) is -1.59. The maximum atomic E-state index is 11.5. The van der Waals surface area contributed by atoms with Crippen molar-refractivity contribution in [1.82, 2.24) is 9.88 Å². The van der Waals surface area contributed by atoms with Gasteiger partial charge in [0.2, 0.25) is 5.91 Å². The van der Waals surface area contributed by atoms with E-state index in [0.29, 0.717) is 0 Å². The van der Waals surface area contributed by atoms with Crippen LogP contribution >= 0.6 is 11.3 Å². The summed E-state index contributed by atoms with van der Waals surface area (Å²) in [7, 11) is 0. The van der Waals surface area contributed by atoms with Gasteiger partial charge in [0.1, 0.15) is 12.6 Å². The van der Waals surface area contributed by atoms with Gasteiger partial charge in [0.25, 0.3) is 0 Å². The summed E-state index contributed by atoms with van der Waals surface area (Å²) in [6, 6.07) is -0.960. The predicted molar refractivity (Wildman–Crippen MR) is 63.3 cm³/mol. The molecule has 0 aliphatic heterocycles. The molecular formula is C10H14N2O4S. The first-order valence-corrected chi connectivity index (χ1v) is 5.83. The van der Waals surface area contributed by atoms with Crippen LogP contribution in [0.5, 0.6) is 0 Å². The number of hydrogen-bond acceptors (Lipinski definition) is 4. The summed E-state index contributed by atoms with van der Waals surface area (Å²) < 4.78 is 1.34. The Morgan fingerprint density at radius 3 is 2.47 bits per heavy atom. The van der Waals surface area contributed by atoms with Crippen molar-refractivity contribution in [2.45, 2.75) is 33.4 Å². The largest absolute Gasteiger partial charge is 0.480 e. The van der Waals surface area contributed by atoms with Gasteiger partial charge in [0.05, 0.1) is 0 Å². The third-order valence-corrected chi connectivity index (χ3v) is 3.42. The van der Waals surface area contributed by atoms with E-state index in [1.165, 1.54) is 11.5 Å². The number of carbonyl (C=O) groups excluding carboxylic acids is 1. The van der Waals surface area contributed by atoms with Gasteiger partial charge in [-0.05, 0) is 20.8 Å². The van der Waals surface area contributed by atoms with E-state index in [-0.39, 0.29) is 11.4 Å². The van der Waals surface area contributed by atoms with Crippen LogP contribution in [0.25, 0.3) is 0 Å². The molecule has 0 spiro atoms. The average molecular weight is 258 g/mol. The van der Waals surface area contributed by atoms with Crippen LogP contribution < -0.4 is 10.2 Å². The van der Waals surface area contributed by atoms with Crippen LogP contribution in [0.3, 0.4) is 0 Å². The van der Waals surface area contributed by atoms with Crippen LogP contribution in [0.15, 0.2) is 4.79 Å². The van der Waals surface area contributed by atoms with Gasteiger partial charge in [0, 0.05) is 10.6 Å². The first kappa shape index (κ1) is 13.4. The number of aliphatic carboxylic acids is 1. The molecule has 0 aliphatic carbocycles. The molecule has 6 nitrogen and oxygen atoms in total. The number of carboxylic acids is 1. The molecule has 0 radical (unpaired) electrons. The molecule has 1 aromatic rings. The van der Waals surface area contributed by atoms with Crippen molar-refractivity contribution in [3.63, 3.8) is 0 Å². The second kappa shape index (κ2) is 5.13. The van der Waals surface area contributed by atoms with Crippen LogP contribution in [-0.4, -0.2) is 27.6 Å². The molecule has 0 saturated heterocycles. The number of aryl methyl sites for hydroxylation is 1. The molecule has 0 saturated carbocycles. The number of aromatic nitrogens is 1. The number of carboxylic acid groups (broad SMARTS) is 1. The number of rotatable bonds is 4. The summed E-state index contributed by atoms with van der Waals surface area (Å²) in [6.07, 6.45) is 0. The van der Waals surface area contributed by atoms with E-state index in [2.05, 4.69) is 5.32 Å². The second-order valence-electron chi connectivity index (χ2n) is 3.72. The molecule has 0 bridgehead atoms. The van der Waals surface area contributed by atoms with Gasteiger partial charge < -0.3 is 10.4 Å². The number of amides is 1. The summed E-state index contributed by atoms with van der Waals surface area (Å²) >= 11 is 1.07.